The molecule has 1 atom stereocenters. The van der Waals surface area contributed by atoms with Gasteiger partial charge in [0.05, 0.1) is 4.90 Å². The van der Waals surface area contributed by atoms with Crippen molar-refractivity contribution >= 4 is 19.9 Å². The van der Waals surface area contributed by atoms with E-state index in [0.29, 0.717) is 12.6 Å². The number of likely N-dealkylation sites (N-methyl/N-ethyl adjacent to an activating group) is 1. The number of hydrogen-bond donors (Lipinski definition) is 1. The molecular formula is C14H24N2O4S2. The summed E-state index contributed by atoms with van der Waals surface area (Å²) < 4.78 is 50.5. The molecule has 1 rings (SSSR count). The van der Waals surface area contributed by atoms with Crippen LogP contribution in [0.25, 0.3) is 0 Å². The van der Waals surface area contributed by atoms with Gasteiger partial charge in [0.15, 0.2) is 9.84 Å². The van der Waals surface area contributed by atoms with E-state index in [4.69, 9.17) is 0 Å². The standard InChI is InChI=1S/C14H24N2O4S2/c1-5-12(2)16(3)11-10-15-22(19,20)14-9-7-6-8-13(14)21(4,17)18/h6-9,12,15H,5,10-11H2,1-4H3/t12-/m0/s1. The highest BCUT2D eigenvalue weighted by Crippen LogP contribution is 2.20. The van der Waals surface area contributed by atoms with Crippen molar-refractivity contribution in [1.29, 1.82) is 0 Å². The van der Waals surface area contributed by atoms with Crippen molar-refractivity contribution in [3.63, 3.8) is 0 Å². The third kappa shape index (κ3) is 5.05. The average molecular weight is 348 g/mol. The maximum Gasteiger partial charge on any atom is 0.241 e. The van der Waals surface area contributed by atoms with Gasteiger partial charge in [-0.1, -0.05) is 19.1 Å². The summed E-state index contributed by atoms with van der Waals surface area (Å²) in [4.78, 5) is 1.66. The maximum absolute atomic E-state index is 12.3. The van der Waals surface area contributed by atoms with E-state index in [1.807, 2.05) is 11.9 Å². The Labute approximate surface area is 133 Å². The Bertz CT molecular complexity index is 699. The topological polar surface area (TPSA) is 83.6 Å². The van der Waals surface area contributed by atoms with Gasteiger partial charge in [-0.15, -0.1) is 0 Å². The first-order chi connectivity index (χ1) is 10.1. The summed E-state index contributed by atoms with van der Waals surface area (Å²) in [5, 5.41) is 0. The number of hydrogen-bond acceptors (Lipinski definition) is 5. The quantitative estimate of drug-likeness (QED) is 0.760. The van der Waals surface area contributed by atoms with Crippen LogP contribution in [-0.2, 0) is 19.9 Å². The molecule has 6 nitrogen and oxygen atoms in total. The van der Waals surface area contributed by atoms with Crippen LogP contribution in [0.4, 0.5) is 0 Å². The Hall–Kier alpha value is -0.960. The summed E-state index contributed by atoms with van der Waals surface area (Å²) in [7, 11) is -5.54. The fourth-order valence-electron chi connectivity index (χ4n) is 1.94. The van der Waals surface area contributed by atoms with Crippen LogP contribution in [0.2, 0.25) is 0 Å². The lowest BCUT2D eigenvalue weighted by Crippen LogP contribution is -2.37. The van der Waals surface area contributed by atoms with Gasteiger partial charge in [0.25, 0.3) is 0 Å². The molecule has 1 aromatic carbocycles. The summed E-state index contributed by atoms with van der Waals surface area (Å²) in [5.74, 6) is 0. The molecule has 0 heterocycles. The van der Waals surface area contributed by atoms with Crippen molar-refractivity contribution in [2.24, 2.45) is 0 Å². The van der Waals surface area contributed by atoms with Gasteiger partial charge >= 0.3 is 0 Å². The molecular weight excluding hydrogens is 324 g/mol. The molecule has 0 amide bonds. The molecule has 126 valence electrons. The average Bonchev–Trinajstić information content (AvgIpc) is 2.45. The molecule has 0 bridgehead atoms. The minimum absolute atomic E-state index is 0.183. The molecule has 0 aliphatic rings. The van der Waals surface area contributed by atoms with E-state index >= 15 is 0 Å². The van der Waals surface area contributed by atoms with E-state index in [2.05, 4.69) is 18.6 Å². The van der Waals surface area contributed by atoms with E-state index in [0.717, 1.165) is 12.7 Å². The lowest BCUT2D eigenvalue weighted by Gasteiger charge is -2.23. The Kier molecular flexibility index (Phi) is 6.54. The lowest BCUT2D eigenvalue weighted by molar-refractivity contribution is 0.256. The van der Waals surface area contributed by atoms with Crippen molar-refractivity contribution < 1.29 is 16.8 Å². The molecule has 0 fully saturated rings. The van der Waals surface area contributed by atoms with Gasteiger partial charge < -0.3 is 4.90 Å². The Balaban J connectivity index is 2.89. The number of sulfone groups is 1. The van der Waals surface area contributed by atoms with Crippen LogP contribution in [0.15, 0.2) is 34.1 Å². The van der Waals surface area contributed by atoms with Crippen LogP contribution in [-0.4, -0.2) is 54.2 Å². The van der Waals surface area contributed by atoms with E-state index < -0.39 is 19.9 Å². The fourth-order valence-corrected chi connectivity index (χ4v) is 4.59. The summed E-state index contributed by atoms with van der Waals surface area (Å²) in [6, 6.07) is 5.97. The predicted molar refractivity (Wildman–Crippen MR) is 87.1 cm³/mol. The first-order valence-electron chi connectivity index (χ1n) is 7.08. The second-order valence-corrected chi connectivity index (χ2v) is 9.07. The summed E-state index contributed by atoms with van der Waals surface area (Å²) >= 11 is 0. The summed E-state index contributed by atoms with van der Waals surface area (Å²) in [5.41, 5.74) is 0. The minimum atomic E-state index is -3.86. The summed E-state index contributed by atoms with van der Waals surface area (Å²) in [6.07, 6.45) is 1.97. The van der Waals surface area contributed by atoms with Crippen LogP contribution < -0.4 is 4.72 Å². The molecule has 0 radical (unpaired) electrons. The van der Waals surface area contributed by atoms with Gasteiger partial charge in [-0.2, -0.15) is 0 Å². The zero-order chi connectivity index (χ0) is 17.0. The van der Waals surface area contributed by atoms with Gasteiger partial charge in [-0.25, -0.2) is 21.6 Å². The fraction of sp³-hybridized carbons (Fsp3) is 0.571. The molecule has 1 aromatic rings. The van der Waals surface area contributed by atoms with Crippen LogP contribution in [0.5, 0.6) is 0 Å². The zero-order valence-corrected chi connectivity index (χ0v) is 15.0. The van der Waals surface area contributed by atoms with Gasteiger partial charge in [0.1, 0.15) is 4.90 Å². The molecule has 0 spiro atoms. The van der Waals surface area contributed by atoms with Crippen LogP contribution in [0.3, 0.4) is 0 Å². The van der Waals surface area contributed by atoms with Crippen LogP contribution in [0.1, 0.15) is 20.3 Å². The summed E-state index contributed by atoms with van der Waals surface area (Å²) in [6.45, 7) is 4.90. The van der Waals surface area contributed by atoms with Crippen molar-refractivity contribution in [2.75, 3.05) is 26.4 Å². The number of nitrogens with zero attached hydrogens (tertiary/aromatic N) is 1. The highest BCUT2D eigenvalue weighted by molar-refractivity contribution is 7.93. The van der Waals surface area contributed by atoms with Crippen LogP contribution in [0, 0.1) is 0 Å². The zero-order valence-electron chi connectivity index (χ0n) is 13.4. The molecule has 0 aromatic heterocycles. The van der Waals surface area contributed by atoms with Crippen molar-refractivity contribution in [1.82, 2.24) is 9.62 Å². The smallest absolute Gasteiger partial charge is 0.241 e. The highest BCUT2D eigenvalue weighted by atomic mass is 32.2. The number of benzene rings is 1. The van der Waals surface area contributed by atoms with Gasteiger partial charge in [0, 0.05) is 25.4 Å². The highest BCUT2D eigenvalue weighted by Gasteiger charge is 2.23. The van der Waals surface area contributed by atoms with E-state index in [-0.39, 0.29) is 16.3 Å². The third-order valence-corrected chi connectivity index (χ3v) is 6.44. The van der Waals surface area contributed by atoms with Crippen molar-refractivity contribution in [3.8, 4) is 0 Å². The van der Waals surface area contributed by atoms with Gasteiger partial charge in [0.2, 0.25) is 10.0 Å². The first kappa shape index (κ1) is 19.1. The van der Waals surface area contributed by atoms with Crippen molar-refractivity contribution in [2.45, 2.75) is 36.1 Å². The Morgan fingerprint density at radius 1 is 1.14 bits per heavy atom. The largest absolute Gasteiger partial charge is 0.302 e. The van der Waals surface area contributed by atoms with Crippen molar-refractivity contribution in [3.05, 3.63) is 24.3 Å². The molecule has 1 N–H and O–H groups in total. The lowest BCUT2D eigenvalue weighted by atomic mass is 10.2. The third-order valence-electron chi connectivity index (χ3n) is 3.64. The predicted octanol–water partition coefficient (Wildman–Crippen LogP) is 1.10. The van der Waals surface area contributed by atoms with E-state index in [1.165, 1.54) is 24.3 Å². The molecule has 0 aliphatic carbocycles. The maximum atomic E-state index is 12.3. The Morgan fingerprint density at radius 3 is 2.18 bits per heavy atom. The minimum Gasteiger partial charge on any atom is -0.302 e. The molecule has 8 heteroatoms. The Morgan fingerprint density at radius 2 is 1.68 bits per heavy atom. The monoisotopic (exact) mass is 348 g/mol. The van der Waals surface area contributed by atoms with Gasteiger partial charge in [-0.05, 0) is 32.5 Å². The van der Waals surface area contributed by atoms with Gasteiger partial charge in [-0.3, -0.25) is 0 Å². The molecule has 0 saturated heterocycles. The van der Waals surface area contributed by atoms with E-state index in [9.17, 15) is 16.8 Å². The number of nitrogens with one attached hydrogen (secondary N) is 1. The second-order valence-electron chi connectivity index (χ2n) is 5.35. The second kappa shape index (κ2) is 7.54. The number of rotatable bonds is 8. The molecule has 0 aliphatic heterocycles. The first-order valence-corrected chi connectivity index (χ1v) is 10.5. The van der Waals surface area contributed by atoms with Crippen LogP contribution >= 0.6 is 0 Å². The SMILES string of the molecule is CC[C@H](C)N(C)CCNS(=O)(=O)c1ccccc1S(C)(=O)=O. The molecule has 0 unspecified atom stereocenters. The molecule has 22 heavy (non-hydrogen) atoms. The number of sulfonamides is 1. The van der Waals surface area contributed by atoms with E-state index in [1.54, 1.807) is 0 Å². The molecule has 0 saturated carbocycles. The normalized spacial score (nSPS) is 14.2.